The third-order valence-corrected chi connectivity index (χ3v) is 8.36. The molecule has 2 unspecified atom stereocenters. The summed E-state index contributed by atoms with van der Waals surface area (Å²) in [5.74, 6) is -1.10. The van der Waals surface area contributed by atoms with Gasteiger partial charge in [0.2, 0.25) is 0 Å². The lowest BCUT2D eigenvalue weighted by molar-refractivity contribution is -0.136. The molecular weight excluding hydrogens is 586 g/mol. The van der Waals surface area contributed by atoms with E-state index in [-0.39, 0.29) is 23.5 Å². The van der Waals surface area contributed by atoms with Crippen molar-refractivity contribution in [1.29, 1.82) is 0 Å². The van der Waals surface area contributed by atoms with Gasteiger partial charge in [-0.15, -0.1) is 0 Å². The zero-order chi connectivity index (χ0) is 31.1. The molecule has 15 heteroatoms. The minimum atomic E-state index is -4.31. The molecule has 0 spiro atoms. The second-order valence-corrected chi connectivity index (χ2v) is 11.8. The van der Waals surface area contributed by atoms with Crippen LogP contribution < -0.4 is 30.9 Å². The number of carbonyl (C=O) groups is 2. The van der Waals surface area contributed by atoms with Crippen molar-refractivity contribution < 1.29 is 37.3 Å². The normalized spacial score (nSPS) is 19.9. The van der Waals surface area contributed by atoms with Crippen molar-refractivity contribution in [2.75, 3.05) is 6.61 Å². The Morgan fingerprint density at radius 2 is 1.51 bits per heavy atom. The maximum absolute atomic E-state index is 15.0. The van der Waals surface area contributed by atoms with Crippen LogP contribution in [-0.4, -0.2) is 52.5 Å². The zero-order valence-electron chi connectivity index (χ0n) is 23.6. The number of alkyl halides is 1. The average Bonchev–Trinajstić information content (AvgIpc) is 3.34. The number of nitrogens with one attached hydrogen (secondary N) is 3. The molecule has 1 saturated heterocycles. The number of aryl methyl sites for hydroxylation is 1. The Morgan fingerprint density at radius 3 is 2.02 bits per heavy atom. The first-order valence-corrected chi connectivity index (χ1v) is 15.0. The van der Waals surface area contributed by atoms with E-state index in [0.29, 0.717) is 0 Å². The second kappa shape index (κ2) is 14.0. The fourth-order valence-electron chi connectivity index (χ4n) is 4.10. The van der Waals surface area contributed by atoms with Crippen molar-refractivity contribution >= 4 is 19.6 Å². The summed E-state index contributed by atoms with van der Waals surface area (Å²) in [5.41, 5.74) is -1.13. The van der Waals surface area contributed by atoms with E-state index < -0.39 is 68.1 Å². The molecule has 2 aromatic carbocycles. The third-order valence-electron chi connectivity index (χ3n) is 6.40. The predicted octanol–water partition coefficient (Wildman–Crippen LogP) is 2.76. The van der Waals surface area contributed by atoms with Crippen LogP contribution in [0.1, 0.15) is 32.1 Å². The van der Waals surface area contributed by atoms with Crippen LogP contribution >= 0.6 is 7.67 Å². The quantitative estimate of drug-likeness (QED) is 0.155. The monoisotopic (exact) mass is 618 g/mol. The van der Waals surface area contributed by atoms with Crippen molar-refractivity contribution in [3.63, 3.8) is 0 Å². The number of aromatic nitrogens is 2. The maximum atomic E-state index is 15.0. The standard InChI is InChI=1S/C28H32FN4O9P/c1-17-15-33(28(37)30-25(17)34)24-14-22(29)23(42-24)16-39-43(38,31-18(2)26(35)40-20-10-6-4-7-11-20)32-19(3)27(36)41-21-12-8-5-9-13-21/h4-13,15,18-19,22-24H,14,16H2,1-3H3,(H,30,34,37)(H2,31,32,38)/t18-,19-,22-,23?,24?/m0/s1. The van der Waals surface area contributed by atoms with Gasteiger partial charge in [-0.3, -0.25) is 18.9 Å². The van der Waals surface area contributed by atoms with E-state index in [1.54, 1.807) is 60.7 Å². The molecule has 3 aromatic rings. The summed E-state index contributed by atoms with van der Waals surface area (Å²) in [6.45, 7) is 3.65. The number of carbonyl (C=O) groups excluding carboxylic acids is 2. The molecule has 43 heavy (non-hydrogen) atoms. The lowest BCUT2D eigenvalue weighted by Crippen LogP contribution is -2.44. The Labute approximate surface area is 245 Å². The highest BCUT2D eigenvalue weighted by atomic mass is 31.2. The smallest absolute Gasteiger partial charge is 0.342 e. The van der Waals surface area contributed by atoms with Crippen molar-refractivity contribution in [1.82, 2.24) is 19.7 Å². The lowest BCUT2D eigenvalue weighted by atomic mass is 10.2. The number of rotatable bonds is 12. The highest BCUT2D eigenvalue weighted by Gasteiger charge is 2.40. The van der Waals surface area contributed by atoms with E-state index >= 15 is 4.39 Å². The Morgan fingerprint density at radius 1 is 1.00 bits per heavy atom. The number of benzene rings is 2. The lowest BCUT2D eigenvalue weighted by Gasteiger charge is -2.27. The third kappa shape index (κ3) is 8.55. The zero-order valence-corrected chi connectivity index (χ0v) is 24.5. The van der Waals surface area contributed by atoms with Crippen LogP contribution in [0, 0.1) is 6.92 Å². The first-order chi connectivity index (χ1) is 20.4. The molecule has 1 aromatic heterocycles. The molecule has 3 N–H and O–H groups in total. The summed E-state index contributed by atoms with van der Waals surface area (Å²) < 4.78 is 51.9. The summed E-state index contributed by atoms with van der Waals surface area (Å²) in [6.07, 6.45) is -2.97. The molecule has 4 rings (SSSR count). The first kappa shape index (κ1) is 32.0. The Hall–Kier alpha value is -3.94. The predicted molar refractivity (Wildman–Crippen MR) is 152 cm³/mol. The number of esters is 2. The van der Waals surface area contributed by atoms with E-state index in [1.165, 1.54) is 27.0 Å². The number of halogens is 1. The Balaban J connectivity index is 1.47. The molecule has 1 aliphatic rings. The molecule has 2 heterocycles. The molecule has 1 aliphatic heterocycles. The van der Waals surface area contributed by atoms with Crippen LogP contribution in [0.15, 0.2) is 76.4 Å². The average molecular weight is 619 g/mol. The highest BCUT2D eigenvalue weighted by molar-refractivity contribution is 7.54. The van der Waals surface area contributed by atoms with Crippen LogP contribution in [0.4, 0.5) is 4.39 Å². The summed E-state index contributed by atoms with van der Waals surface area (Å²) in [6, 6.07) is 14.0. The fourth-order valence-corrected chi connectivity index (χ4v) is 5.91. The van der Waals surface area contributed by atoms with Gasteiger partial charge in [0.1, 0.15) is 42.1 Å². The summed E-state index contributed by atoms with van der Waals surface area (Å²) in [5, 5.41) is 5.07. The van der Waals surface area contributed by atoms with E-state index in [9.17, 15) is 23.7 Å². The Kier molecular flexibility index (Phi) is 10.4. The first-order valence-electron chi connectivity index (χ1n) is 13.4. The minimum Gasteiger partial charge on any atom is -0.425 e. The number of ether oxygens (including phenoxy) is 3. The summed E-state index contributed by atoms with van der Waals surface area (Å²) >= 11 is 0. The minimum absolute atomic E-state index is 0.226. The number of aromatic amines is 1. The van der Waals surface area contributed by atoms with Gasteiger partial charge in [-0.2, -0.15) is 0 Å². The molecule has 5 atom stereocenters. The van der Waals surface area contributed by atoms with Crippen LogP contribution in [-0.2, 0) is 23.4 Å². The van der Waals surface area contributed by atoms with Gasteiger partial charge in [0, 0.05) is 18.2 Å². The molecule has 230 valence electrons. The van der Waals surface area contributed by atoms with Crippen LogP contribution in [0.25, 0.3) is 0 Å². The van der Waals surface area contributed by atoms with Gasteiger partial charge in [0.15, 0.2) is 0 Å². The van der Waals surface area contributed by atoms with Gasteiger partial charge in [0.25, 0.3) is 5.56 Å². The number of nitrogens with zero attached hydrogens (tertiary/aromatic N) is 1. The van der Waals surface area contributed by atoms with Gasteiger partial charge >= 0.3 is 25.3 Å². The molecule has 0 saturated carbocycles. The van der Waals surface area contributed by atoms with E-state index in [1.807, 2.05) is 0 Å². The van der Waals surface area contributed by atoms with Gasteiger partial charge in [-0.05, 0) is 45.0 Å². The van der Waals surface area contributed by atoms with Crippen molar-refractivity contribution in [2.45, 2.75) is 57.8 Å². The molecule has 13 nitrogen and oxygen atoms in total. The molecule has 0 amide bonds. The maximum Gasteiger partial charge on any atom is 0.342 e. The van der Waals surface area contributed by atoms with Crippen LogP contribution in [0.5, 0.6) is 11.5 Å². The molecule has 0 aliphatic carbocycles. The highest BCUT2D eigenvalue weighted by Crippen LogP contribution is 2.41. The van der Waals surface area contributed by atoms with E-state index in [4.69, 9.17) is 18.7 Å². The van der Waals surface area contributed by atoms with Gasteiger partial charge in [0.05, 0.1) is 6.61 Å². The molecular formula is C28H32FN4O9P. The number of para-hydroxylation sites is 2. The largest absolute Gasteiger partial charge is 0.425 e. The SMILES string of the molecule is Cc1cn(C2C[C@H](F)C(COP(=O)(N[C@@H](C)C(=O)Oc3ccccc3)N[C@@H](C)C(=O)Oc3ccccc3)O2)c(=O)[nH]c1=O. The van der Waals surface area contributed by atoms with Crippen molar-refractivity contribution in [3.8, 4) is 11.5 Å². The number of H-pyrrole nitrogens is 1. The molecule has 0 radical (unpaired) electrons. The van der Waals surface area contributed by atoms with Crippen molar-refractivity contribution in [2.24, 2.45) is 0 Å². The summed E-state index contributed by atoms with van der Waals surface area (Å²) in [7, 11) is -4.31. The van der Waals surface area contributed by atoms with Gasteiger partial charge in [-0.25, -0.2) is 28.9 Å². The van der Waals surface area contributed by atoms with Crippen molar-refractivity contribution in [3.05, 3.63) is 93.3 Å². The number of hydrogen-bond donors (Lipinski definition) is 3. The van der Waals surface area contributed by atoms with Gasteiger partial charge < -0.3 is 18.7 Å². The van der Waals surface area contributed by atoms with Crippen LogP contribution in [0.3, 0.4) is 0 Å². The number of hydrogen-bond acceptors (Lipinski definition) is 9. The second-order valence-electron chi connectivity index (χ2n) is 9.88. The van der Waals surface area contributed by atoms with E-state index in [0.717, 1.165) is 4.57 Å². The molecule has 1 fully saturated rings. The fraction of sp³-hybridized carbons (Fsp3) is 0.357. The van der Waals surface area contributed by atoms with E-state index in [2.05, 4.69) is 15.2 Å². The van der Waals surface area contributed by atoms with Gasteiger partial charge in [-0.1, -0.05) is 36.4 Å². The summed E-state index contributed by atoms with van der Waals surface area (Å²) in [4.78, 5) is 51.6. The Bertz CT molecular complexity index is 1520. The topological polar surface area (TPSA) is 167 Å². The molecule has 0 bridgehead atoms. The van der Waals surface area contributed by atoms with Crippen LogP contribution in [0.2, 0.25) is 0 Å².